The van der Waals surface area contributed by atoms with Gasteiger partial charge in [-0.1, -0.05) is 30.3 Å². The molecule has 2 heterocycles. The molecule has 1 aliphatic rings. The van der Waals surface area contributed by atoms with Crippen LogP contribution in [0.25, 0.3) is 10.9 Å². The number of rotatable bonds is 5. The molecule has 0 radical (unpaired) electrons. The second-order valence-corrected chi connectivity index (χ2v) is 7.94. The number of carbonyl (C=O) groups excluding carboxylic acids is 1. The first-order valence-electron chi connectivity index (χ1n) is 9.07. The number of phenols is 1. The van der Waals surface area contributed by atoms with Crippen LogP contribution in [-0.4, -0.2) is 32.9 Å². The fourth-order valence-corrected chi connectivity index (χ4v) is 4.29. The number of benzene rings is 2. The Bertz CT molecular complexity index is 1180. The zero-order valence-corrected chi connectivity index (χ0v) is 16.5. The summed E-state index contributed by atoms with van der Waals surface area (Å²) in [6, 6.07) is 14.7. The van der Waals surface area contributed by atoms with Crippen molar-refractivity contribution in [2.75, 3.05) is 22.7 Å². The molecule has 1 saturated heterocycles. The quantitative estimate of drug-likeness (QED) is 0.588. The highest BCUT2D eigenvalue weighted by atomic mass is 32.2. The summed E-state index contributed by atoms with van der Waals surface area (Å²) in [6.45, 7) is 0.476. The van der Waals surface area contributed by atoms with Crippen molar-refractivity contribution >= 4 is 39.4 Å². The molecular formula is C20H20N4O4S. The molecule has 4 rings (SSSR count). The Hall–Kier alpha value is -3.33. The maximum Gasteiger partial charge on any atom is 0.274 e. The number of aryl methyl sites for hydroxylation is 1. The number of fused-ring (bicyclic) bond motifs is 1. The van der Waals surface area contributed by atoms with E-state index in [4.69, 9.17) is 0 Å². The first-order chi connectivity index (χ1) is 13.9. The van der Waals surface area contributed by atoms with Gasteiger partial charge in [-0.05, 0) is 24.1 Å². The standard InChI is InChI=1S/C20H20N4O4S/c1-23-16-11-18(25)17(24-12-19(26)22-29(24)28)10-14(16)9-15(20(23)27)21-8-7-13-5-3-2-4-6-13/h2-6,9-11,21,25H,7-8,12H2,1H3,(H,22,26). The lowest BCUT2D eigenvalue weighted by Gasteiger charge is -2.17. The van der Waals surface area contributed by atoms with Gasteiger partial charge in [0, 0.05) is 25.0 Å². The fraction of sp³-hybridized carbons (Fsp3) is 0.200. The minimum atomic E-state index is -1.75. The summed E-state index contributed by atoms with van der Waals surface area (Å²) in [4.78, 5) is 24.2. The number of aromatic hydroxyl groups is 1. The van der Waals surface area contributed by atoms with Crippen molar-refractivity contribution < 1.29 is 14.1 Å². The van der Waals surface area contributed by atoms with E-state index in [1.807, 2.05) is 30.3 Å². The molecule has 3 aromatic rings. The lowest BCUT2D eigenvalue weighted by atomic mass is 10.1. The molecule has 0 bridgehead atoms. The number of aromatic nitrogens is 1. The van der Waals surface area contributed by atoms with Crippen LogP contribution in [0.3, 0.4) is 0 Å². The topological polar surface area (TPSA) is 104 Å². The van der Waals surface area contributed by atoms with Crippen LogP contribution in [0, 0.1) is 0 Å². The molecule has 1 atom stereocenters. The maximum absolute atomic E-state index is 12.7. The van der Waals surface area contributed by atoms with Crippen molar-refractivity contribution in [3.05, 3.63) is 64.4 Å². The molecule has 150 valence electrons. The summed E-state index contributed by atoms with van der Waals surface area (Å²) >= 11 is -1.75. The van der Waals surface area contributed by atoms with Crippen LogP contribution in [0.15, 0.2) is 53.3 Å². The van der Waals surface area contributed by atoms with Gasteiger partial charge >= 0.3 is 0 Å². The lowest BCUT2D eigenvalue weighted by Crippen LogP contribution is -2.24. The SMILES string of the molecule is Cn1c(=O)c(NCCc2ccccc2)cc2cc(N3CC(=O)NS3=O)c(O)cc21. The molecular weight excluding hydrogens is 392 g/mol. The van der Waals surface area contributed by atoms with Crippen molar-refractivity contribution in [1.29, 1.82) is 0 Å². The van der Waals surface area contributed by atoms with E-state index in [0.29, 0.717) is 23.1 Å². The Labute approximate surface area is 169 Å². The zero-order valence-electron chi connectivity index (χ0n) is 15.7. The average Bonchev–Trinajstić information content (AvgIpc) is 3.04. The zero-order chi connectivity index (χ0) is 20.5. The third kappa shape index (κ3) is 3.68. The van der Waals surface area contributed by atoms with Crippen LogP contribution in [0.2, 0.25) is 0 Å². The molecule has 0 aliphatic carbocycles. The fourth-order valence-electron chi connectivity index (χ4n) is 3.36. The predicted octanol–water partition coefficient (Wildman–Crippen LogP) is 1.41. The van der Waals surface area contributed by atoms with Gasteiger partial charge in [0.1, 0.15) is 18.0 Å². The van der Waals surface area contributed by atoms with Crippen LogP contribution < -0.4 is 19.9 Å². The van der Waals surface area contributed by atoms with E-state index < -0.39 is 11.2 Å². The summed E-state index contributed by atoms with van der Waals surface area (Å²) < 4.78 is 17.1. The van der Waals surface area contributed by atoms with Crippen molar-refractivity contribution in [2.45, 2.75) is 6.42 Å². The smallest absolute Gasteiger partial charge is 0.274 e. The first kappa shape index (κ1) is 19.0. The molecule has 1 amide bonds. The van der Waals surface area contributed by atoms with Crippen molar-refractivity contribution in [3.63, 3.8) is 0 Å². The molecule has 0 spiro atoms. The van der Waals surface area contributed by atoms with E-state index >= 15 is 0 Å². The van der Waals surface area contributed by atoms with Crippen LogP contribution in [0.5, 0.6) is 5.75 Å². The van der Waals surface area contributed by atoms with Crippen LogP contribution >= 0.6 is 0 Å². The van der Waals surface area contributed by atoms with E-state index in [1.54, 1.807) is 19.2 Å². The number of amides is 1. The third-order valence-corrected chi connectivity index (χ3v) is 5.98. The summed E-state index contributed by atoms with van der Waals surface area (Å²) in [5.74, 6) is -0.534. The number of pyridine rings is 1. The molecule has 1 aliphatic heterocycles. The second-order valence-electron chi connectivity index (χ2n) is 6.80. The highest BCUT2D eigenvalue weighted by Crippen LogP contribution is 2.34. The number of carbonyl (C=O) groups is 1. The molecule has 3 N–H and O–H groups in total. The third-order valence-electron chi connectivity index (χ3n) is 4.85. The van der Waals surface area contributed by atoms with Crippen molar-refractivity contribution in [2.24, 2.45) is 7.05 Å². The molecule has 1 unspecified atom stereocenters. The van der Waals surface area contributed by atoms with Crippen molar-refractivity contribution in [3.8, 4) is 5.75 Å². The Kier molecular flexibility index (Phi) is 4.98. The van der Waals surface area contributed by atoms with Gasteiger partial charge in [-0.2, -0.15) is 0 Å². The predicted molar refractivity (Wildman–Crippen MR) is 113 cm³/mol. The van der Waals surface area contributed by atoms with Crippen LogP contribution in [0.1, 0.15) is 5.56 Å². The molecule has 8 nitrogen and oxygen atoms in total. The van der Waals surface area contributed by atoms with Gasteiger partial charge < -0.3 is 15.0 Å². The number of nitrogens with zero attached hydrogens (tertiary/aromatic N) is 2. The molecule has 1 fully saturated rings. The van der Waals surface area contributed by atoms with E-state index in [2.05, 4.69) is 10.0 Å². The average molecular weight is 412 g/mol. The number of hydrogen-bond acceptors (Lipinski definition) is 5. The van der Waals surface area contributed by atoms with Crippen molar-refractivity contribution in [1.82, 2.24) is 9.29 Å². The minimum absolute atomic E-state index is 0.111. The van der Waals surface area contributed by atoms with Gasteiger partial charge in [-0.25, -0.2) is 4.21 Å². The number of phenolic OH excluding ortho intramolecular Hbond substituents is 1. The van der Waals surface area contributed by atoms with Gasteiger partial charge in [0.2, 0.25) is 11.2 Å². The Morgan fingerprint density at radius 3 is 2.62 bits per heavy atom. The van der Waals surface area contributed by atoms with E-state index in [0.717, 1.165) is 6.42 Å². The van der Waals surface area contributed by atoms with Gasteiger partial charge in [-0.3, -0.25) is 18.6 Å². The van der Waals surface area contributed by atoms with Gasteiger partial charge in [0.25, 0.3) is 11.5 Å². The van der Waals surface area contributed by atoms with E-state index in [1.165, 1.54) is 20.5 Å². The van der Waals surface area contributed by atoms with Crippen LogP contribution in [0.4, 0.5) is 11.4 Å². The van der Waals surface area contributed by atoms with E-state index in [9.17, 15) is 18.9 Å². The second kappa shape index (κ2) is 7.59. The molecule has 9 heteroatoms. The van der Waals surface area contributed by atoms with Gasteiger partial charge in [0.05, 0.1) is 11.2 Å². The highest BCUT2D eigenvalue weighted by Gasteiger charge is 2.29. The number of nitrogens with one attached hydrogen (secondary N) is 2. The first-order valence-corrected chi connectivity index (χ1v) is 10.2. The van der Waals surface area contributed by atoms with Crippen LogP contribution in [-0.2, 0) is 29.4 Å². The molecule has 2 aromatic carbocycles. The summed E-state index contributed by atoms with van der Waals surface area (Å²) in [5.41, 5.74) is 2.19. The molecule has 0 saturated carbocycles. The normalized spacial score (nSPS) is 16.2. The van der Waals surface area contributed by atoms with Gasteiger partial charge in [-0.15, -0.1) is 0 Å². The Morgan fingerprint density at radius 2 is 1.93 bits per heavy atom. The van der Waals surface area contributed by atoms with E-state index in [-0.39, 0.29) is 29.4 Å². The van der Waals surface area contributed by atoms with Gasteiger partial charge in [0.15, 0.2) is 0 Å². The summed E-state index contributed by atoms with van der Waals surface area (Å²) in [6.07, 6.45) is 0.767. The Balaban J connectivity index is 1.66. The minimum Gasteiger partial charge on any atom is -0.506 e. The largest absolute Gasteiger partial charge is 0.506 e. The molecule has 1 aromatic heterocycles. The highest BCUT2D eigenvalue weighted by molar-refractivity contribution is 7.85. The maximum atomic E-state index is 12.7. The number of anilines is 2. The summed E-state index contributed by atoms with van der Waals surface area (Å²) in [7, 11) is 1.63. The monoisotopic (exact) mass is 412 g/mol. The lowest BCUT2D eigenvalue weighted by molar-refractivity contribution is -0.117. The molecule has 29 heavy (non-hydrogen) atoms. The number of hydrogen-bond donors (Lipinski definition) is 3. The summed E-state index contributed by atoms with van der Waals surface area (Å²) in [5, 5.41) is 14.2. The Morgan fingerprint density at radius 1 is 1.17 bits per heavy atom.